The van der Waals surface area contributed by atoms with Crippen molar-refractivity contribution in [2.45, 2.75) is 11.0 Å². The van der Waals surface area contributed by atoms with Crippen molar-refractivity contribution in [3.8, 4) is 44.5 Å². The molecule has 8 N–H and O–H groups in total. The van der Waals surface area contributed by atoms with Crippen LogP contribution in [0.2, 0.25) is 0 Å². The average molecular weight is 1090 g/mol. The molecular formula is C46H32F6N8O6S2Sn. The van der Waals surface area contributed by atoms with Gasteiger partial charge in [-0.15, -0.1) is 22.1 Å². The van der Waals surface area contributed by atoms with Crippen molar-refractivity contribution in [3.63, 3.8) is 0 Å². The topological polar surface area (TPSA) is 272 Å². The SMILES string of the molecule is Nc1ccc(-c2c3nc(c(-c4ccc(N)cc4)c4ccc([n-]4)c(-c4ccc(N)cc4)c4nc(c(-c5ccc(N)cc5)c5ccc2[n-]5)C=C4)C=C3)cc1.O=S(=O)([O-])C(F)(F)F.O=S(=O)([O-])C(F)(F)F.[Sn+4]. The van der Waals surface area contributed by atoms with E-state index in [9.17, 15) is 26.3 Å². The summed E-state index contributed by atoms with van der Waals surface area (Å²) >= 11 is 0. The van der Waals surface area contributed by atoms with Crippen LogP contribution in [0.5, 0.6) is 0 Å². The first-order chi connectivity index (χ1) is 31.9. The van der Waals surface area contributed by atoms with Gasteiger partial charge in [0, 0.05) is 22.7 Å². The first kappa shape index (κ1) is 51.3. The summed E-state index contributed by atoms with van der Waals surface area (Å²) in [6.07, 6.45) is 8.15. The smallest absolute Gasteiger partial charge is 0.741 e. The van der Waals surface area contributed by atoms with E-state index in [4.69, 9.17) is 68.8 Å². The van der Waals surface area contributed by atoms with E-state index in [0.29, 0.717) is 22.7 Å². The Morgan fingerprint density at radius 3 is 0.710 bits per heavy atom. The molecule has 3 aromatic heterocycles. The number of halogens is 6. The Balaban J connectivity index is 0.000000397. The predicted molar refractivity (Wildman–Crippen MR) is 253 cm³/mol. The van der Waals surface area contributed by atoms with Crippen molar-refractivity contribution < 1.29 is 52.3 Å². The number of nitrogens with zero attached hydrogens (tertiary/aromatic N) is 4. The first-order valence-electron chi connectivity index (χ1n) is 19.4. The Labute approximate surface area is 405 Å². The molecule has 0 aliphatic carbocycles. The second-order valence-electron chi connectivity index (χ2n) is 14.7. The molecule has 350 valence electrons. The van der Waals surface area contributed by atoms with Gasteiger partial charge in [-0.3, -0.25) is 0 Å². The molecule has 0 amide bonds. The van der Waals surface area contributed by atoms with Crippen LogP contribution in [0.1, 0.15) is 22.8 Å². The number of fused-ring (bicyclic) bond motifs is 8. The van der Waals surface area contributed by atoms with Crippen molar-refractivity contribution in [3.05, 3.63) is 144 Å². The van der Waals surface area contributed by atoms with Crippen molar-refractivity contribution in [1.29, 1.82) is 0 Å². The summed E-state index contributed by atoms with van der Waals surface area (Å²) in [4.78, 5) is 21.1. The zero-order chi connectivity index (χ0) is 49.3. The van der Waals surface area contributed by atoms with Crippen molar-refractivity contribution in [2.75, 3.05) is 22.9 Å². The maximum absolute atomic E-state index is 10.7. The molecule has 2 aliphatic rings. The Bertz CT molecular complexity index is 3100. The summed E-state index contributed by atoms with van der Waals surface area (Å²) in [5, 5.41) is 0. The maximum atomic E-state index is 10.7. The Hall–Kier alpha value is -7.12. The fraction of sp³-hybridized carbons (Fsp3) is 0.0435. The molecule has 23 heteroatoms. The van der Waals surface area contributed by atoms with Gasteiger partial charge in [0.1, 0.15) is 0 Å². The van der Waals surface area contributed by atoms with Crippen molar-refractivity contribution >= 4 is 113 Å². The van der Waals surface area contributed by atoms with E-state index in [2.05, 4.69) is 0 Å². The Kier molecular flexibility index (Phi) is 14.7. The van der Waals surface area contributed by atoms with E-state index in [1.165, 1.54) is 0 Å². The molecule has 4 aromatic carbocycles. The molecule has 0 fully saturated rings. The summed E-state index contributed by atoms with van der Waals surface area (Å²) in [6.45, 7) is 0. The first-order valence-corrected chi connectivity index (χ1v) is 22.2. The van der Waals surface area contributed by atoms with E-state index in [0.717, 1.165) is 89.4 Å². The third kappa shape index (κ3) is 11.6. The van der Waals surface area contributed by atoms with Gasteiger partial charge in [-0.05, 0) is 117 Å². The molecule has 0 saturated carbocycles. The molecule has 0 radical (unpaired) electrons. The second kappa shape index (κ2) is 19.8. The monoisotopic (exact) mass is 1090 g/mol. The van der Waals surface area contributed by atoms with Crippen LogP contribution < -0.4 is 32.9 Å². The fourth-order valence-corrected chi connectivity index (χ4v) is 6.87. The van der Waals surface area contributed by atoms with Crippen LogP contribution in [0.4, 0.5) is 49.1 Å². The number of rotatable bonds is 4. The minimum Gasteiger partial charge on any atom is -0.741 e. The molecule has 69 heavy (non-hydrogen) atoms. The van der Waals surface area contributed by atoms with Gasteiger partial charge in [0.2, 0.25) is 0 Å². The summed E-state index contributed by atoms with van der Waals surface area (Å²) in [7, 11) is -12.2. The van der Waals surface area contributed by atoms with Crippen LogP contribution in [-0.2, 0) is 20.2 Å². The number of aromatic nitrogens is 4. The standard InChI is InChI=1S/C44H32N8.2CHF3O3S.Sn/c45-29-9-1-25(2-10-29)41-33-17-19-35(49-33)42(26-3-11-30(46)12-4-26)37-21-23-39(51-37)44(28-7-15-32(48)16-8-28)40-24-22-38(52-40)43(36-20-18-34(41)50-36)27-5-13-31(47)14-6-27;2*2-1(3,4)8(5,6)7;/h1-24H,45-48H2;2*(H,5,6,7);/q-2;;;+4/p-2. The van der Waals surface area contributed by atoms with Gasteiger partial charge in [-0.25, -0.2) is 26.8 Å². The second-order valence-corrected chi connectivity index (χ2v) is 17.4. The minimum absolute atomic E-state index is 0. The Morgan fingerprint density at radius 2 is 0.551 bits per heavy atom. The number of nitrogens with two attached hydrogens (primary N) is 4. The van der Waals surface area contributed by atoms with Gasteiger partial charge < -0.3 is 42.0 Å². The molecule has 0 spiro atoms. The molecular weight excluding hydrogens is 1060 g/mol. The molecule has 7 aromatic rings. The van der Waals surface area contributed by atoms with Crippen LogP contribution in [0.3, 0.4) is 0 Å². The normalized spacial score (nSPS) is 12.3. The van der Waals surface area contributed by atoms with Crippen LogP contribution in [0, 0.1) is 0 Å². The van der Waals surface area contributed by atoms with Gasteiger partial charge in [-0.2, -0.15) is 26.3 Å². The summed E-state index contributed by atoms with van der Waals surface area (Å²) < 4.78 is 118. The number of hydrogen-bond donors (Lipinski definition) is 4. The molecule has 14 nitrogen and oxygen atoms in total. The van der Waals surface area contributed by atoms with E-state index >= 15 is 0 Å². The molecule has 9 rings (SSSR count). The number of benzene rings is 4. The molecule has 2 aliphatic heterocycles. The van der Waals surface area contributed by atoms with E-state index in [1.807, 2.05) is 146 Å². The molecule has 5 heterocycles. The summed E-state index contributed by atoms with van der Waals surface area (Å²) in [5.41, 5.74) is 29.4. The van der Waals surface area contributed by atoms with Crippen LogP contribution in [-0.4, -0.2) is 70.8 Å². The largest absolute Gasteiger partial charge is 4.00 e. The van der Waals surface area contributed by atoms with Gasteiger partial charge in [-0.1, -0.05) is 72.8 Å². The number of anilines is 4. The molecule has 0 saturated heterocycles. The third-order valence-corrected chi connectivity index (χ3v) is 11.1. The summed E-state index contributed by atoms with van der Waals surface area (Å²) in [5.74, 6) is 0. The van der Waals surface area contributed by atoms with Gasteiger partial charge in [0.25, 0.3) is 0 Å². The van der Waals surface area contributed by atoms with E-state index in [1.54, 1.807) is 0 Å². The Morgan fingerprint density at radius 1 is 0.377 bits per heavy atom. The quantitative estimate of drug-likeness (QED) is 0.0422. The zero-order valence-corrected chi connectivity index (χ0v) is 39.5. The molecule has 0 atom stereocenters. The van der Waals surface area contributed by atoms with Crippen LogP contribution in [0.25, 0.3) is 90.9 Å². The van der Waals surface area contributed by atoms with Crippen molar-refractivity contribution in [1.82, 2.24) is 19.9 Å². The number of nitrogen functional groups attached to an aromatic ring is 4. The predicted octanol–water partition coefficient (Wildman–Crippen LogP) is 8.63. The maximum Gasteiger partial charge on any atom is 4.00 e. The molecule has 8 bridgehead atoms. The number of alkyl halides is 6. The van der Waals surface area contributed by atoms with Gasteiger partial charge in [0.05, 0.1) is 22.8 Å². The van der Waals surface area contributed by atoms with Crippen LogP contribution >= 0.6 is 0 Å². The van der Waals surface area contributed by atoms with Crippen molar-refractivity contribution in [2.24, 2.45) is 0 Å². The third-order valence-electron chi connectivity index (χ3n) is 9.97. The van der Waals surface area contributed by atoms with Gasteiger partial charge >= 0.3 is 34.9 Å². The zero-order valence-electron chi connectivity index (χ0n) is 35.0. The average Bonchev–Trinajstić information content (AvgIpc) is 4.11. The van der Waals surface area contributed by atoms with Crippen LogP contribution in [0.15, 0.2) is 121 Å². The summed E-state index contributed by atoms with van der Waals surface area (Å²) in [6, 6.07) is 39.4. The van der Waals surface area contributed by atoms with Gasteiger partial charge in [0.15, 0.2) is 20.2 Å². The molecule has 0 unspecified atom stereocenters. The van der Waals surface area contributed by atoms with E-state index in [-0.39, 0.29) is 23.9 Å². The minimum atomic E-state index is -6.09. The van der Waals surface area contributed by atoms with E-state index < -0.39 is 31.3 Å². The number of hydrogen-bond acceptors (Lipinski definition) is 12. The fourth-order valence-electron chi connectivity index (χ4n) is 6.87.